The first kappa shape index (κ1) is 15.2. The maximum Gasteiger partial charge on any atom is 0.209 e. The molecule has 0 radical (unpaired) electrons. The van der Waals surface area contributed by atoms with Gasteiger partial charge in [0.15, 0.2) is 11.6 Å². The summed E-state index contributed by atoms with van der Waals surface area (Å²) < 4.78 is 40.7. The lowest BCUT2D eigenvalue weighted by Gasteiger charge is -2.15. The topological polar surface area (TPSA) is 69.4 Å². The molecule has 0 heterocycles. The smallest absolute Gasteiger partial charge is 0.209 e. The second-order valence-electron chi connectivity index (χ2n) is 3.97. The number of ether oxygens (including phenoxy) is 1. The van der Waals surface area contributed by atoms with E-state index in [0.717, 1.165) is 0 Å². The van der Waals surface area contributed by atoms with E-state index >= 15 is 0 Å². The molecule has 0 saturated carbocycles. The fourth-order valence-electron chi connectivity index (χ4n) is 1.42. The van der Waals surface area contributed by atoms with Crippen molar-refractivity contribution < 1.29 is 17.5 Å². The van der Waals surface area contributed by atoms with Crippen LogP contribution < -0.4 is 9.88 Å². The van der Waals surface area contributed by atoms with Gasteiger partial charge in [0.25, 0.3) is 0 Å². The van der Waals surface area contributed by atoms with E-state index < -0.39 is 15.8 Å². The molecule has 0 amide bonds. The maximum atomic E-state index is 13.5. The Morgan fingerprint density at radius 2 is 2.17 bits per heavy atom. The van der Waals surface area contributed by atoms with E-state index in [1.165, 1.54) is 12.1 Å². The van der Waals surface area contributed by atoms with E-state index in [9.17, 15) is 12.8 Å². The van der Waals surface area contributed by atoms with Crippen LogP contribution in [0.2, 0.25) is 5.02 Å². The van der Waals surface area contributed by atoms with Gasteiger partial charge >= 0.3 is 0 Å². The lowest BCUT2D eigenvalue weighted by Crippen LogP contribution is -2.26. The lowest BCUT2D eigenvalue weighted by molar-refractivity contribution is 0.247. The molecule has 0 fully saturated rings. The van der Waals surface area contributed by atoms with E-state index in [0.29, 0.717) is 6.42 Å². The highest BCUT2D eigenvalue weighted by atomic mass is 35.5. The van der Waals surface area contributed by atoms with Crippen molar-refractivity contribution in [1.82, 2.24) is 0 Å². The van der Waals surface area contributed by atoms with Crippen molar-refractivity contribution in [1.29, 1.82) is 0 Å². The summed E-state index contributed by atoms with van der Waals surface area (Å²) in [5.74, 6) is -1.11. The standard InChI is InChI=1S/C11H15ClFNO3S/c1-2-8(7-18(14,15)16)6-17-10-5-3-4-9(12)11(10)13/h3-5,8H,2,6-7H2,1H3,(H2,14,15,16). The average Bonchev–Trinajstić information content (AvgIpc) is 2.27. The van der Waals surface area contributed by atoms with Crippen LogP contribution >= 0.6 is 11.6 Å². The molecule has 1 atom stereocenters. The average molecular weight is 296 g/mol. The van der Waals surface area contributed by atoms with Gasteiger partial charge in [-0.25, -0.2) is 17.9 Å². The van der Waals surface area contributed by atoms with Gasteiger partial charge in [0, 0.05) is 5.92 Å². The van der Waals surface area contributed by atoms with E-state index in [1.54, 1.807) is 6.07 Å². The number of benzene rings is 1. The number of hydrogen-bond acceptors (Lipinski definition) is 3. The Labute approximate surface area is 111 Å². The van der Waals surface area contributed by atoms with Crippen LogP contribution in [0, 0.1) is 11.7 Å². The summed E-state index contributed by atoms with van der Waals surface area (Å²) in [6, 6.07) is 4.40. The van der Waals surface area contributed by atoms with Crippen molar-refractivity contribution in [2.45, 2.75) is 13.3 Å². The zero-order valence-electron chi connectivity index (χ0n) is 9.90. The predicted molar refractivity (Wildman–Crippen MR) is 68.7 cm³/mol. The molecule has 0 bridgehead atoms. The third kappa shape index (κ3) is 4.80. The van der Waals surface area contributed by atoms with Gasteiger partial charge in [-0.3, -0.25) is 0 Å². The van der Waals surface area contributed by atoms with Crippen LogP contribution in [0.1, 0.15) is 13.3 Å². The zero-order chi connectivity index (χ0) is 13.8. The van der Waals surface area contributed by atoms with Crippen LogP contribution in [-0.4, -0.2) is 20.8 Å². The minimum atomic E-state index is -3.56. The Morgan fingerprint density at radius 3 is 2.72 bits per heavy atom. The molecule has 0 spiro atoms. The molecular weight excluding hydrogens is 281 g/mol. The van der Waals surface area contributed by atoms with Crippen LogP contribution in [0.3, 0.4) is 0 Å². The number of sulfonamides is 1. The monoisotopic (exact) mass is 295 g/mol. The highest BCUT2D eigenvalue weighted by molar-refractivity contribution is 7.89. The van der Waals surface area contributed by atoms with Crippen LogP contribution in [-0.2, 0) is 10.0 Å². The molecule has 1 unspecified atom stereocenters. The Hall–Kier alpha value is -0.850. The highest BCUT2D eigenvalue weighted by Crippen LogP contribution is 2.24. The van der Waals surface area contributed by atoms with Gasteiger partial charge in [0.2, 0.25) is 10.0 Å². The molecular formula is C11H15ClFNO3S. The molecule has 0 saturated heterocycles. The van der Waals surface area contributed by atoms with Crippen molar-refractivity contribution in [3.05, 3.63) is 29.0 Å². The Balaban J connectivity index is 2.66. The molecule has 1 aromatic carbocycles. The van der Waals surface area contributed by atoms with Gasteiger partial charge in [-0.15, -0.1) is 0 Å². The third-order valence-electron chi connectivity index (χ3n) is 2.44. The van der Waals surface area contributed by atoms with Crippen LogP contribution in [0.15, 0.2) is 18.2 Å². The summed E-state index contributed by atoms with van der Waals surface area (Å²) in [6.07, 6.45) is 0.568. The van der Waals surface area contributed by atoms with Gasteiger partial charge in [0.05, 0.1) is 17.4 Å². The fraction of sp³-hybridized carbons (Fsp3) is 0.455. The summed E-state index contributed by atoms with van der Waals surface area (Å²) in [5.41, 5.74) is 0. The molecule has 4 nitrogen and oxygen atoms in total. The van der Waals surface area contributed by atoms with Crippen molar-refractivity contribution >= 4 is 21.6 Å². The highest BCUT2D eigenvalue weighted by Gasteiger charge is 2.16. The number of nitrogens with two attached hydrogens (primary N) is 1. The van der Waals surface area contributed by atoms with Gasteiger partial charge in [-0.1, -0.05) is 24.6 Å². The molecule has 2 N–H and O–H groups in total. The SMILES string of the molecule is CCC(COc1cccc(Cl)c1F)CS(N)(=O)=O. The largest absolute Gasteiger partial charge is 0.490 e. The summed E-state index contributed by atoms with van der Waals surface area (Å²) >= 11 is 5.60. The number of primary sulfonamides is 1. The van der Waals surface area contributed by atoms with Crippen molar-refractivity contribution in [3.63, 3.8) is 0 Å². The number of rotatable bonds is 6. The summed E-state index contributed by atoms with van der Waals surface area (Å²) in [6.45, 7) is 1.89. The molecule has 1 rings (SSSR count). The minimum absolute atomic E-state index is 0.00960. The number of hydrogen-bond donors (Lipinski definition) is 1. The summed E-state index contributed by atoms with van der Waals surface area (Å²) in [5, 5.41) is 4.92. The molecule has 0 aliphatic carbocycles. The second kappa shape index (κ2) is 6.36. The van der Waals surface area contributed by atoms with E-state index in [-0.39, 0.29) is 29.0 Å². The molecule has 18 heavy (non-hydrogen) atoms. The Bertz CT molecular complexity index is 507. The molecule has 0 aromatic heterocycles. The molecule has 0 aliphatic heterocycles. The second-order valence-corrected chi connectivity index (χ2v) is 6.03. The zero-order valence-corrected chi connectivity index (χ0v) is 11.5. The van der Waals surface area contributed by atoms with Gasteiger partial charge in [-0.05, 0) is 18.6 Å². The first-order valence-electron chi connectivity index (χ1n) is 5.40. The minimum Gasteiger partial charge on any atom is -0.490 e. The number of halogens is 2. The first-order chi connectivity index (χ1) is 8.33. The van der Waals surface area contributed by atoms with E-state index in [4.69, 9.17) is 21.5 Å². The Morgan fingerprint density at radius 1 is 1.50 bits per heavy atom. The summed E-state index contributed by atoms with van der Waals surface area (Å²) in [7, 11) is -3.56. The molecule has 1 aromatic rings. The first-order valence-corrected chi connectivity index (χ1v) is 7.50. The van der Waals surface area contributed by atoms with Gasteiger partial charge in [0.1, 0.15) is 0 Å². The van der Waals surface area contributed by atoms with E-state index in [1.807, 2.05) is 6.92 Å². The molecule has 102 valence electrons. The van der Waals surface area contributed by atoms with Crippen molar-refractivity contribution in [2.24, 2.45) is 11.1 Å². The molecule has 0 aliphatic rings. The quantitative estimate of drug-likeness (QED) is 0.874. The van der Waals surface area contributed by atoms with Gasteiger partial charge < -0.3 is 4.74 Å². The van der Waals surface area contributed by atoms with E-state index in [2.05, 4.69) is 0 Å². The van der Waals surface area contributed by atoms with Crippen LogP contribution in [0.25, 0.3) is 0 Å². The van der Waals surface area contributed by atoms with Crippen LogP contribution in [0.5, 0.6) is 5.75 Å². The van der Waals surface area contributed by atoms with Gasteiger partial charge in [-0.2, -0.15) is 0 Å². The van der Waals surface area contributed by atoms with Crippen molar-refractivity contribution in [3.8, 4) is 5.75 Å². The molecule has 7 heteroatoms. The maximum absolute atomic E-state index is 13.5. The predicted octanol–water partition coefficient (Wildman–Crippen LogP) is 2.17. The fourth-order valence-corrected chi connectivity index (χ4v) is 2.57. The summed E-state index contributed by atoms with van der Waals surface area (Å²) in [4.78, 5) is 0. The Kier molecular flexibility index (Phi) is 5.37. The van der Waals surface area contributed by atoms with Crippen molar-refractivity contribution in [2.75, 3.05) is 12.4 Å². The normalized spacial score (nSPS) is 13.3. The van der Waals surface area contributed by atoms with Crippen LogP contribution in [0.4, 0.5) is 4.39 Å². The lowest BCUT2D eigenvalue weighted by atomic mass is 10.1. The third-order valence-corrected chi connectivity index (χ3v) is 3.66.